The molecule has 3 atom stereocenters. The molecule has 0 radical (unpaired) electrons. The van der Waals surface area contributed by atoms with Crippen LogP contribution >= 0.6 is 11.6 Å². The van der Waals surface area contributed by atoms with Crippen LogP contribution in [0.3, 0.4) is 0 Å². The second kappa shape index (κ2) is 14.1. The number of benzene rings is 2. The van der Waals surface area contributed by atoms with E-state index in [9.17, 15) is 10.1 Å². The first-order valence-electron chi connectivity index (χ1n) is 19.1. The maximum Gasteiger partial charge on any atom is 0.318 e. The Bertz CT molecular complexity index is 1880. The molecule has 10 rings (SSSR count). The van der Waals surface area contributed by atoms with E-state index in [1.54, 1.807) is 6.08 Å². The van der Waals surface area contributed by atoms with Gasteiger partial charge in [0.15, 0.2) is 0 Å². The number of nitrogens with zero attached hydrogens (tertiary/aromatic N) is 8. The quantitative estimate of drug-likeness (QED) is 0.286. The van der Waals surface area contributed by atoms with E-state index in [-0.39, 0.29) is 23.9 Å². The molecule has 3 aromatic rings. The Balaban J connectivity index is 0.973. The molecule has 2 aromatic carbocycles. The molecule has 6 saturated heterocycles. The van der Waals surface area contributed by atoms with Gasteiger partial charge >= 0.3 is 6.01 Å². The number of piperazine rings is 1. The third-order valence-corrected chi connectivity index (χ3v) is 12.6. The molecule has 12 heteroatoms. The molecule has 2 bridgehead atoms. The second-order valence-corrected chi connectivity index (χ2v) is 15.9. The van der Waals surface area contributed by atoms with E-state index in [0.717, 1.165) is 104 Å². The Hall–Kier alpha value is -3.95. The summed E-state index contributed by atoms with van der Waals surface area (Å²) in [5, 5.41) is 12.8. The Labute approximate surface area is 310 Å². The third-order valence-electron chi connectivity index (χ3n) is 12.3. The van der Waals surface area contributed by atoms with E-state index < -0.39 is 0 Å². The van der Waals surface area contributed by atoms with E-state index in [2.05, 4.69) is 49.9 Å². The van der Waals surface area contributed by atoms with Crippen LogP contribution in [0.4, 0.5) is 11.5 Å². The number of carbonyl (C=O) groups excluding carboxylic acids is 1. The Kier molecular flexibility index (Phi) is 9.20. The molecule has 6 fully saturated rings. The number of hydrogen-bond donors (Lipinski definition) is 0. The van der Waals surface area contributed by atoms with Crippen LogP contribution in [0.5, 0.6) is 6.01 Å². The van der Waals surface area contributed by atoms with Crippen molar-refractivity contribution in [2.75, 3.05) is 75.3 Å². The van der Waals surface area contributed by atoms with Crippen molar-refractivity contribution >= 4 is 39.8 Å². The van der Waals surface area contributed by atoms with Gasteiger partial charge in [-0.25, -0.2) is 0 Å². The maximum absolute atomic E-state index is 13.5. The van der Waals surface area contributed by atoms with Gasteiger partial charge in [-0.15, -0.1) is 0 Å². The Morgan fingerprint density at radius 1 is 1.02 bits per heavy atom. The van der Waals surface area contributed by atoms with Crippen molar-refractivity contribution in [3.05, 3.63) is 64.8 Å². The lowest BCUT2D eigenvalue weighted by Gasteiger charge is -2.46. The van der Waals surface area contributed by atoms with E-state index >= 15 is 0 Å². The number of morpholine rings is 1. The van der Waals surface area contributed by atoms with Gasteiger partial charge in [0, 0.05) is 74.9 Å². The first kappa shape index (κ1) is 33.9. The van der Waals surface area contributed by atoms with Crippen molar-refractivity contribution in [1.82, 2.24) is 24.7 Å². The number of rotatable bonds is 9. The lowest BCUT2D eigenvalue weighted by molar-refractivity contribution is -0.178. The highest BCUT2D eigenvalue weighted by atomic mass is 35.5. The molecule has 0 N–H and O–H groups in total. The summed E-state index contributed by atoms with van der Waals surface area (Å²) < 4.78 is 12.3. The van der Waals surface area contributed by atoms with Crippen molar-refractivity contribution < 1.29 is 14.3 Å². The third kappa shape index (κ3) is 6.38. The molecule has 2 unspecified atom stereocenters. The Morgan fingerprint density at radius 3 is 2.60 bits per heavy atom. The summed E-state index contributed by atoms with van der Waals surface area (Å²) in [5.41, 5.74) is 3.25. The van der Waals surface area contributed by atoms with E-state index in [0.29, 0.717) is 51.0 Å². The van der Waals surface area contributed by atoms with Crippen LogP contribution in [0.15, 0.2) is 48.6 Å². The van der Waals surface area contributed by atoms with Crippen LogP contribution in [0, 0.1) is 11.3 Å². The SMILES string of the molecule is N#CC[C@H]1CN(c2nc(OCC34CCCN3CCC4)nc3c2CCN(c2cccc4cccc(Cl)c24)C3)CCN1C(=O)/C=C/CN1CC2CC(C1)O2. The van der Waals surface area contributed by atoms with Crippen LogP contribution < -0.4 is 14.5 Å². The number of ether oxygens (including phenoxy) is 2. The molecule has 8 heterocycles. The summed E-state index contributed by atoms with van der Waals surface area (Å²) in [5.74, 6) is 0.840. The standard InChI is InChI=1S/C40H47ClN8O3/c41-33-8-1-6-28-7-2-9-35(37(28)33)46-19-12-32-34(26-46)43-39(51-27-40-13-4-17-48(40)18-5-14-40)44-38(32)47-20-21-49(29(23-47)11-15-42)36(50)10-3-16-45-24-30-22-31(25-45)52-30/h1-3,6-10,29-31H,4-5,11-14,16-27H2/b10-3+/t29-,30?,31?/m0/s1. The number of hydrogen-bond acceptors (Lipinski definition) is 10. The predicted octanol–water partition coefficient (Wildman–Crippen LogP) is 4.81. The van der Waals surface area contributed by atoms with Gasteiger partial charge in [0.1, 0.15) is 12.4 Å². The number of aromatic nitrogens is 2. The zero-order chi connectivity index (χ0) is 35.2. The molecule has 1 amide bonds. The molecule has 52 heavy (non-hydrogen) atoms. The normalized spacial score (nSPS) is 25.6. The molecule has 11 nitrogen and oxygen atoms in total. The summed E-state index contributed by atoms with van der Waals surface area (Å²) in [6.07, 6.45) is 11.2. The number of anilines is 2. The highest BCUT2D eigenvalue weighted by molar-refractivity contribution is 6.36. The predicted molar refractivity (Wildman–Crippen MR) is 201 cm³/mol. The van der Waals surface area contributed by atoms with E-state index in [4.69, 9.17) is 31.0 Å². The van der Waals surface area contributed by atoms with Gasteiger partial charge in [-0.1, -0.05) is 41.9 Å². The van der Waals surface area contributed by atoms with Crippen LogP contribution in [-0.4, -0.2) is 120 Å². The molecule has 0 saturated carbocycles. The van der Waals surface area contributed by atoms with Gasteiger partial charge in [-0.05, 0) is 62.7 Å². The monoisotopic (exact) mass is 722 g/mol. The van der Waals surface area contributed by atoms with Gasteiger partial charge in [0.25, 0.3) is 0 Å². The zero-order valence-corrected chi connectivity index (χ0v) is 30.5. The minimum Gasteiger partial charge on any atom is -0.461 e. The highest BCUT2D eigenvalue weighted by Crippen LogP contribution is 2.40. The molecular weight excluding hydrogens is 676 g/mol. The van der Waals surface area contributed by atoms with Gasteiger partial charge in [0.05, 0.1) is 53.5 Å². The summed E-state index contributed by atoms with van der Waals surface area (Å²) >= 11 is 6.78. The van der Waals surface area contributed by atoms with Crippen molar-refractivity contribution in [3.63, 3.8) is 0 Å². The van der Waals surface area contributed by atoms with Crippen molar-refractivity contribution in [1.29, 1.82) is 5.26 Å². The Morgan fingerprint density at radius 2 is 1.81 bits per heavy atom. The molecule has 7 aliphatic rings. The first-order valence-corrected chi connectivity index (χ1v) is 19.5. The summed E-state index contributed by atoms with van der Waals surface area (Å²) in [6, 6.07) is 14.9. The second-order valence-electron chi connectivity index (χ2n) is 15.5. The van der Waals surface area contributed by atoms with Gasteiger partial charge in [0.2, 0.25) is 5.91 Å². The summed E-state index contributed by atoms with van der Waals surface area (Å²) in [4.78, 5) is 35.2. The molecular formula is C40H47ClN8O3. The largest absolute Gasteiger partial charge is 0.461 e. The lowest BCUT2D eigenvalue weighted by atomic mass is 9.95. The van der Waals surface area contributed by atoms with Crippen LogP contribution in [0.2, 0.25) is 5.02 Å². The van der Waals surface area contributed by atoms with Crippen LogP contribution in [0.25, 0.3) is 10.8 Å². The van der Waals surface area contributed by atoms with E-state index in [1.807, 2.05) is 23.1 Å². The molecule has 0 aliphatic carbocycles. The number of carbonyl (C=O) groups is 1. The minimum absolute atomic E-state index is 0.0339. The fraction of sp³-hybridized carbons (Fsp3) is 0.550. The van der Waals surface area contributed by atoms with Gasteiger partial charge in [-0.2, -0.15) is 15.2 Å². The number of amides is 1. The highest BCUT2D eigenvalue weighted by Gasteiger charge is 2.45. The number of nitriles is 1. The maximum atomic E-state index is 13.5. The number of halogens is 1. The molecule has 7 aliphatic heterocycles. The summed E-state index contributed by atoms with van der Waals surface area (Å²) in [6.45, 7) is 8.52. The average Bonchev–Trinajstić information content (AvgIpc) is 3.74. The van der Waals surface area contributed by atoms with Gasteiger partial charge < -0.3 is 24.2 Å². The molecule has 1 aromatic heterocycles. The van der Waals surface area contributed by atoms with Gasteiger partial charge in [-0.3, -0.25) is 14.6 Å². The lowest BCUT2D eigenvalue weighted by Crippen LogP contribution is -2.57. The topological polar surface area (TPSA) is 101 Å². The van der Waals surface area contributed by atoms with Crippen LogP contribution in [0.1, 0.15) is 49.8 Å². The fourth-order valence-electron chi connectivity index (χ4n) is 9.73. The van der Waals surface area contributed by atoms with Crippen molar-refractivity contribution in [2.24, 2.45) is 0 Å². The smallest absolute Gasteiger partial charge is 0.318 e. The average molecular weight is 723 g/mol. The zero-order valence-electron chi connectivity index (χ0n) is 29.8. The van der Waals surface area contributed by atoms with Crippen molar-refractivity contribution in [3.8, 4) is 12.1 Å². The van der Waals surface area contributed by atoms with Crippen LogP contribution in [-0.2, 0) is 22.5 Å². The molecule has 272 valence electrons. The fourth-order valence-corrected chi connectivity index (χ4v) is 10.0. The minimum atomic E-state index is -0.246. The molecule has 0 spiro atoms. The summed E-state index contributed by atoms with van der Waals surface area (Å²) in [7, 11) is 0. The van der Waals surface area contributed by atoms with E-state index in [1.165, 1.54) is 12.8 Å². The van der Waals surface area contributed by atoms with Crippen molar-refractivity contribution in [2.45, 2.75) is 75.3 Å². The number of piperidine rings is 1. The first-order chi connectivity index (χ1) is 25.5. The number of fused-ring (bicyclic) bond motifs is 5.